The Morgan fingerprint density at radius 1 is 0.419 bits per heavy atom. The summed E-state index contributed by atoms with van der Waals surface area (Å²) in [6, 6.07) is 55.9. The van der Waals surface area contributed by atoms with Crippen molar-refractivity contribution in [2.75, 3.05) is 0 Å². The molecule has 1 nitrogen and oxygen atoms in total. The summed E-state index contributed by atoms with van der Waals surface area (Å²) in [5.41, 5.74) is 9.48. The molecule has 0 saturated carbocycles. The van der Waals surface area contributed by atoms with E-state index >= 15 is 0 Å². The van der Waals surface area contributed by atoms with Gasteiger partial charge in [0, 0.05) is 25.7 Å². The van der Waals surface area contributed by atoms with E-state index in [4.69, 9.17) is 5.41 Å². The van der Waals surface area contributed by atoms with E-state index < -0.39 is 0 Å². The molecule has 1 heterocycles. The molecule has 0 amide bonds. The normalized spacial score (nSPS) is 11.3. The largest absolute Gasteiger partial charge is 0.300 e. The minimum Gasteiger partial charge on any atom is -0.300 e. The summed E-state index contributed by atoms with van der Waals surface area (Å²) in [6.07, 6.45) is 0. The number of thiophene rings is 1. The van der Waals surface area contributed by atoms with Gasteiger partial charge in [-0.05, 0) is 86.1 Å². The Labute approximate surface area is 254 Å². The summed E-state index contributed by atoms with van der Waals surface area (Å²) in [7, 11) is 0. The number of benzene rings is 7. The van der Waals surface area contributed by atoms with E-state index in [9.17, 15) is 0 Å². The zero-order valence-electron chi connectivity index (χ0n) is 23.4. The van der Waals surface area contributed by atoms with Crippen molar-refractivity contribution in [2.24, 2.45) is 0 Å². The van der Waals surface area contributed by atoms with Gasteiger partial charge in [-0.1, -0.05) is 121 Å². The van der Waals surface area contributed by atoms with Crippen molar-refractivity contribution in [2.45, 2.75) is 0 Å². The maximum atomic E-state index is 8.75. The average Bonchev–Trinajstić information content (AvgIpc) is 3.45. The van der Waals surface area contributed by atoms with Crippen molar-refractivity contribution in [3.05, 3.63) is 169 Å². The number of rotatable bonds is 5. The van der Waals surface area contributed by atoms with Gasteiger partial charge in [0.15, 0.2) is 0 Å². The smallest absolute Gasteiger partial charge is 0.0684 e. The third kappa shape index (κ3) is 4.63. The Morgan fingerprint density at radius 3 is 1.72 bits per heavy atom. The van der Waals surface area contributed by atoms with Gasteiger partial charge in [0.25, 0.3) is 0 Å². The lowest BCUT2D eigenvalue weighted by atomic mass is 9.93. The van der Waals surface area contributed by atoms with Crippen molar-refractivity contribution < 1.29 is 0 Å². The van der Waals surface area contributed by atoms with Crippen LogP contribution in [-0.2, 0) is 0 Å². The summed E-state index contributed by atoms with van der Waals surface area (Å²) in [6.45, 7) is 0. The molecule has 1 N–H and O–H groups in total. The fourth-order valence-electron chi connectivity index (χ4n) is 6.12. The van der Waals surface area contributed by atoms with Crippen LogP contribution in [0.4, 0.5) is 0 Å². The molecule has 0 aliphatic carbocycles. The van der Waals surface area contributed by atoms with Gasteiger partial charge in [0.05, 0.1) is 5.71 Å². The Hall–Kier alpha value is -5.31. The predicted molar refractivity (Wildman–Crippen MR) is 186 cm³/mol. The van der Waals surface area contributed by atoms with Crippen LogP contribution in [0.5, 0.6) is 0 Å². The van der Waals surface area contributed by atoms with Crippen LogP contribution in [0.25, 0.3) is 64.3 Å². The van der Waals surface area contributed by atoms with E-state index in [2.05, 4.69) is 115 Å². The lowest BCUT2D eigenvalue weighted by molar-refractivity contribution is 1.45. The number of hydrogen-bond acceptors (Lipinski definition) is 2. The molecule has 0 atom stereocenters. The molecule has 0 aliphatic rings. The summed E-state index contributed by atoms with van der Waals surface area (Å²) in [5.74, 6) is 0. The highest BCUT2D eigenvalue weighted by molar-refractivity contribution is 7.26. The third-order valence-corrected chi connectivity index (χ3v) is 9.40. The molecule has 8 aromatic rings. The molecule has 7 aromatic carbocycles. The lowest BCUT2D eigenvalue weighted by Gasteiger charge is -2.11. The summed E-state index contributed by atoms with van der Waals surface area (Å²) >= 11 is 1.87. The fourth-order valence-corrected chi connectivity index (χ4v) is 7.28. The average molecular weight is 566 g/mol. The van der Waals surface area contributed by atoms with Crippen LogP contribution in [-0.4, -0.2) is 5.71 Å². The summed E-state index contributed by atoms with van der Waals surface area (Å²) < 4.78 is 2.64. The van der Waals surface area contributed by atoms with Crippen molar-refractivity contribution in [1.82, 2.24) is 0 Å². The predicted octanol–water partition coefficient (Wildman–Crippen LogP) is 11.6. The Balaban J connectivity index is 1.19. The molecule has 0 unspecified atom stereocenters. The molecule has 0 spiro atoms. The van der Waals surface area contributed by atoms with Gasteiger partial charge in [-0.25, -0.2) is 0 Å². The summed E-state index contributed by atoms with van der Waals surface area (Å²) in [4.78, 5) is 0. The van der Waals surface area contributed by atoms with E-state index in [1.54, 1.807) is 0 Å². The van der Waals surface area contributed by atoms with Gasteiger partial charge in [-0.2, -0.15) is 0 Å². The van der Waals surface area contributed by atoms with E-state index in [-0.39, 0.29) is 0 Å². The van der Waals surface area contributed by atoms with Crippen molar-refractivity contribution in [1.29, 1.82) is 5.41 Å². The van der Waals surface area contributed by atoms with E-state index in [1.165, 1.54) is 53.2 Å². The van der Waals surface area contributed by atoms with Gasteiger partial charge in [0.1, 0.15) is 0 Å². The van der Waals surface area contributed by atoms with E-state index in [0.717, 1.165) is 22.3 Å². The van der Waals surface area contributed by atoms with Crippen LogP contribution in [0.15, 0.2) is 158 Å². The summed E-state index contributed by atoms with van der Waals surface area (Å²) in [5, 5.41) is 14.0. The molecule has 8 rings (SSSR count). The molecule has 0 saturated heterocycles. The van der Waals surface area contributed by atoms with Gasteiger partial charge in [0.2, 0.25) is 0 Å². The molecule has 1 aromatic heterocycles. The quantitative estimate of drug-likeness (QED) is 0.201. The first-order chi connectivity index (χ1) is 21.2. The zero-order chi connectivity index (χ0) is 28.8. The Bertz CT molecular complexity index is 2310. The van der Waals surface area contributed by atoms with Gasteiger partial charge < -0.3 is 0 Å². The molecule has 0 radical (unpaired) electrons. The first kappa shape index (κ1) is 25.4. The van der Waals surface area contributed by atoms with E-state index in [1.807, 2.05) is 53.8 Å². The monoisotopic (exact) mass is 565 g/mol. The maximum Gasteiger partial charge on any atom is 0.0684 e. The first-order valence-electron chi connectivity index (χ1n) is 14.5. The van der Waals surface area contributed by atoms with Crippen LogP contribution in [0.1, 0.15) is 11.1 Å². The Morgan fingerprint density at radius 2 is 0.977 bits per heavy atom. The van der Waals surface area contributed by atoms with Crippen molar-refractivity contribution in [3.63, 3.8) is 0 Å². The highest BCUT2D eigenvalue weighted by Gasteiger charge is 2.13. The maximum absolute atomic E-state index is 8.75. The SMILES string of the molecule is N=C(c1ccccc1)c1cccc(-c2cccc(-c3cccc(-c4cccc5sc6cc7ccccc7cc6c45)c3)c2)c1. The molecule has 0 fully saturated rings. The van der Waals surface area contributed by atoms with Crippen molar-refractivity contribution >= 4 is 48.0 Å². The topological polar surface area (TPSA) is 23.9 Å². The highest BCUT2D eigenvalue weighted by atomic mass is 32.1. The van der Waals surface area contributed by atoms with E-state index in [0.29, 0.717) is 5.71 Å². The van der Waals surface area contributed by atoms with Crippen LogP contribution >= 0.6 is 11.3 Å². The van der Waals surface area contributed by atoms with Gasteiger partial charge in [-0.3, -0.25) is 5.41 Å². The molecule has 43 heavy (non-hydrogen) atoms. The number of nitrogens with one attached hydrogen (secondary N) is 1. The molecular weight excluding hydrogens is 539 g/mol. The molecular formula is C41H27NS. The molecule has 202 valence electrons. The minimum absolute atomic E-state index is 0.537. The minimum atomic E-state index is 0.537. The second-order valence-electron chi connectivity index (χ2n) is 11.0. The van der Waals surface area contributed by atoms with Crippen LogP contribution < -0.4 is 0 Å². The Kier molecular flexibility index (Phi) is 6.21. The van der Waals surface area contributed by atoms with Crippen LogP contribution in [0.2, 0.25) is 0 Å². The molecule has 0 aliphatic heterocycles. The van der Waals surface area contributed by atoms with Gasteiger partial charge >= 0.3 is 0 Å². The fraction of sp³-hybridized carbons (Fsp3) is 0. The van der Waals surface area contributed by atoms with Gasteiger partial charge in [-0.15, -0.1) is 11.3 Å². The highest BCUT2D eigenvalue weighted by Crippen LogP contribution is 2.42. The number of hydrogen-bond donors (Lipinski definition) is 1. The van der Waals surface area contributed by atoms with Crippen LogP contribution in [0.3, 0.4) is 0 Å². The van der Waals surface area contributed by atoms with Crippen LogP contribution in [0, 0.1) is 5.41 Å². The third-order valence-electron chi connectivity index (χ3n) is 8.28. The lowest BCUT2D eigenvalue weighted by Crippen LogP contribution is -2.00. The molecule has 0 bridgehead atoms. The van der Waals surface area contributed by atoms with Crippen molar-refractivity contribution in [3.8, 4) is 33.4 Å². The molecule has 2 heteroatoms. The standard InChI is InChI=1S/C41H27NS/c42-41(27-10-2-1-3-11-27)35-19-8-17-31(24-35)29-15-6-14-28(22-29)30-16-7-18-34(23-30)36-20-9-21-38-40(36)37-25-32-12-4-5-13-33(32)26-39(37)43-38/h1-26,42H. The second kappa shape index (κ2) is 10.5. The number of fused-ring (bicyclic) bond motifs is 4. The zero-order valence-corrected chi connectivity index (χ0v) is 24.2. The first-order valence-corrected chi connectivity index (χ1v) is 15.3. The second-order valence-corrected chi connectivity index (χ2v) is 12.0.